The van der Waals surface area contributed by atoms with Crippen LogP contribution < -0.4 is 9.47 Å². The van der Waals surface area contributed by atoms with E-state index in [2.05, 4.69) is 6.92 Å². The number of carbonyl (C=O) groups is 1. The minimum atomic E-state index is -0.979. The third-order valence-corrected chi connectivity index (χ3v) is 2.70. The minimum Gasteiger partial charge on any atom is -0.494 e. The number of hydrogen-bond acceptors (Lipinski definition) is 3. The molecule has 0 aliphatic carbocycles. The standard InChI is InChI=1S/C15H22O4/c1-2-3-4-5-6-11-18-13-7-9-14(10-8-13)19-12-15(16)17/h7-10H,2-6,11-12H2,1H3,(H,16,17). The number of carboxylic acid groups (broad SMARTS) is 1. The molecular formula is C15H22O4. The third-order valence-electron chi connectivity index (χ3n) is 2.70. The molecule has 0 bridgehead atoms. The quantitative estimate of drug-likeness (QED) is 0.658. The van der Waals surface area contributed by atoms with Crippen LogP contribution in [0.1, 0.15) is 39.0 Å². The zero-order valence-corrected chi connectivity index (χ0v) is 11.4. The molecule has 4 nitrogen and oxygen atoms in total. The summed E-state index contributed by atoms with van der Waals surface area (Å²) in [6.45, 7) is 2.60. The first-order valence-electron chi connectivity index (χ1n) is 6.80. The smallest absolute Gasteiger partial charge is 0.341 e. The molecule has 106 valence electrons. The van der Waals surface area contributed by atoms with Crippen LogP contribution >= 0.6 is 0 Å². The second-order valence-electron chi connectivity index (χ2n) is 4.42. The van der Waals surface area contributed by atoms with Crippen molar-refractivity contribution in [1.82, 2.24) is 0 Å². The highest BCUT2D eigenvalue weighted by atomic mass is 16.5. The zero-order valence-electron chi connectivity index (χ0n) is 11.4. The molecule has 0 heterocycles. The lowest BCUT2D eigenvalue weighted by Crippen LogP contribution is -2.09. The number of unbranched alkanes of at least 4 members (excludes halogenated alkanes) is 4. The second-order valence-corrected chi connectivity index (χ2v) is 4.42. The van der Waals surface area contributed by atoms with E-state index in [-0.39, 0.29) is 6.61 Å². The summed E-state index contributed by atoms with van der Waals surface area (Å²) in [6, 6.07) is 7.02. The topological polar surface area (TPSA) is 55.8 Å². The highest BCUT2D eigenvalue weighted by Gasteiger charge is 2.00. The van der Waals surface area contributed by atoms with E-state index in [1.54, 1.807) is 24.3 Å². The van der Waals surface area contributed by atoms with E-state index in [4.69, 9.17) is 14.6 Å². The fourth-order valence-electron chi connectivity index (χ4n) is 1.67. The first-order chi connectivity index (χ1) is 9.22. The van der Waals surface area contributed by atoms with Crippen LogP contribution in [0.3, 0.4) is 0 Å². The Labute approximate surface area is 114 Å². The Morgan fingerprint density at radius 2 is 1.58 bits per heavy atom. The van der Waals surface area contributed by atoms with Gasteiger partial charge < -0.3 is 14.6 Å². The molecule has 4 heteroatoms. The van der Waals surface area contributed by atoms with Gasteiger partial charge in [-0.3, -0.25) is 0 Å². The van der Waals surface area contributed by atoms with Gasteiger partial charge in [0.15, 0.2) is 6.61 Å². The number of hydrogen-bond donors (Lipinski definition) is 1. The molecule has 0 aliphatic rings. The molecular weight excluding hydrogens is 244 g/mol. The minimum absolute atomic E-state index is 0.322. The van der Waals surface area contributed by atoms with Crippen LogP contribution in [0.4, 0.5) is 0 Å². The van der Waals surface area contributed by atoms with Crippen molar-refractivity contribution in [1.29, 1.82) is 0 Å². The van der Waals surface area contributed by atoms with Crippen LogP contribution in [0.15, 0.2) is 24.3 Å². The van der Waals surface area contributed by atoms with Gasteiger partial charge in [-0.05, 0) is 30.7 Å². The maximum absolute atomic E-state index is 10.3. The van der Waals surface area contributed by atoms with Crippen molar-refractivity contribution in [3.05, 3.63) is 24.3 Å². The van der Waals surface area contributed by atoms with E-state index in [0.717, 1.165) is 18.8 Å². The fourth-order valence-corrected chi connectivity index (χ4v) is 1.67. The number of carboxylic acids is 1. The summed E-state index contributed by atoms with van der Waals surface area (Å²) >= 11 is 0. The van der Waals surface area contributed by atoms with Gasteiger partial charge in [0.2, 0.25) is 0 Å². The van der Waals surface area contributed by atoms with Gasteiger partial charge in [-0.25, -0.2) is 4.79 Å². The van der Waals surface area contributed by atoms with Crippen LogP contribution in [-0.2, 0) is 4.79 Å². The summed E-state index contributed by atoms with van der Waals surface area (Å²) < 4.78 is 10.6. The average Bonchev–Trinajstić information content (AvgIpc) is 2.41. The van der Waals surface area contributed by atoms with Crippen LogP contribution in [0.5, 0.6) is 11.5 Å². The molecule has 0 fully saturated rings. The largest absolute Gasteiger partial charge is 0.494 e. The Bertz CT molecular complexity index is 359. The zero-order chi connectivity index (χ0) is 13.9. The van der Waals surface area contributed by atoms with Crippen molar-refractivity contribution in [3.63, 3.8) is 0 Å². The van der Waals surface area contributed by atoms with Gasteiger partial charge in [0, 0.05) is 0 Å². The molecule has 0 unspecified atom stereocenters. The first-order valence-corrected chi connectivity index (χ1v) is 6.80. The third kappa shape index (κ3) is 7.34. The number of benzene rings is 1. The number of rotatable bonds is 10. The summed E-state index contributed by atoms with van der Waals surface area (Å²) in [4.78, 5) is 10.3. The van der Waals surface area contributed by atoms with Gasteiger partial charge in [-0.2, -0.15) is 0 Å². The summed E-state index contributed by atoms with van der Waals surface area (Å²) in [7, 11) is 0. The SMILES string of the molecule is CCCCCCCOc1ccc(OCC(=O)O)cc1. The lowest BCUT2D eigenvalue weighted by molar-refractivity contribution is -0.139. The Balaban J connectivity index is 2.19. The molecule has 0 saturated heterocycles. The molecule has 0 amide bonds. The van der Waals surface area contributed by atoms with Gasteiger partial charge in [0.25, 0.3) is 0 Å². The molecule has 0 radical (unpaired) electrons. The lowest BCUT2D eigenvalue weighted by atomic mass is 10.2. The molecule has 1 aromatic carbocycles. The molecule has 0 aliphatic heterocycles. The first kappa shape index (κ1) is 15.3. The van der Waals surface area contributed by atoms with Crippen molar-refractivity contribution in [2.45, 2.75) is 39.0 Å². The van der Waals surface area contributed by atoms with E-state index in [0.29, 0.717) is 5.75 Å². The normalized spacial score (nSPS) is 10.2. The Morgan fingerprint density at radius 1 is 1.00 bits per heavy atom. The maximum Gasteiger partial charge on any atom is 0.341 e. The van der Waals surface area contributed by atoms with Crippen molar-refractivity contribution in [3.8, 4) is 11.5 Å². The molecule has 0 spiro atoms. The molecule has 1 N–H and O–H groups in total. The summed E-state index contributed by atoms with van der Waals surface area (Å²) in [5, 5.41) is 8.48. The van der Waals surface area contributed by atoms with Gasteiger partial charge in [0.05, 0.1) is 6.61 Å². The Hall–Kier alpha value is -1.71. The molecule has 1 rings (SSSR count). The molecule has 1 aromatic rings. The van der Waals surface area contributed by atoms with Crippen LogP contribution in [0.2, 0.25) is 0 Å². The van der Waals surface area contributed by atoms with Crippen molar-refractivity contribution >= 4 is 5.97 Å². The Kier molecular flexibility index (Phi) is 7.47. The highest BCUT2D eigenvalue weighted by Crippen LogP contribution is 2.18. The fraction of sp³-hybridized carbons (Fsp3) is 0.533. The summed E-state index contributed by atoms with van der Waals surface area (Å²) in [5.41, 5.74) is 0. The van der Waals surface area contributed by atoms with Crippen molar-refractivity contribution in [2.75, 3.05) is 13.2 Å². The average molecular weight is 266 g/mol. The highest BCUT2D eigenvalue weighted by molar-refractivity contribution is 5.68. The van der Waals surface area contributed by atoms with E-state index in [1.165, 1.54) is 25.7 Å². The monoisotopic (exact) mass is 266 g/mol. The van der Waals surface area contributed by atoms with Crippen LogP contribution in [0, 0.1) is 0 Å². The molecule has 19 heavy (non-hydrogen) atoms. The predicted octanol–water partition coefficient (Wildman–Crippen LogP) is 3.50. The van der Waals surface area contributed by atoms with Gasteiger partial charge in [-0.1, -0.05) is 32.6 Å². The molecule has 0 saturated carbocycles. The second kappa shape index (κ2) is 9.25. The summed E-state index contributed by atoms with van der Waals surface area (Å²) in [5.74, 6) is 0.350. The molecule has 0 atom stereocenters. The van der Waals surface area contributed by atoms with E-state index >= 15 is 0 Å². The van der Waals surface area contributed by atoms with Gasteiger partial charge in [0.1, 0.15) is 11.5 Å². The van der Waals surface area contributed by atoms with Crippen LogP contribution in [-0.4, -0.2) is 24.3 Å². The van der Waals surface area contributed by atoms with E-state index in [9.17, 15) is 4.79 Å². The lowest BCUT2D eigenvalue weighted by Gasteiger charge is -2.07. The van der Waals surface area contributed by atoms with E-state index in [1.807, 2.05) is 0 Å². The number of aliphatic carboxylic acids is 1. The van der Waals surface area contributed by atoms with Gasteiger partial charge in [-0.15, -0.1) is 0 Å². The van der Waals surface area contributed by atoms with Crippen molar-refractivity contribution in [2.24, 2.45) is 0 Å². The Morgan fingerprint density at radius 3 is 2.16 bits per heavy atom. The predicted molar refractivity (Wildman–Crippen MR) is 73.8 cm³/mol. The number of ether oxygens (including phenoxy) is 2. The van der Waals surface area contributed by atoms with Gasteiger partial charge >= 0.3 is 5.97 Å². The molecule has 0 aromatic heterocycles. The van der Waals surface area contributed by atoms with Crippen molar-refractivity contribution < 1.29 is 19.4 Å². The van der Waals surface area contributed by atoms with Crippen LogP contribution in [0.25, 0.3) is 0 Å². The maximum atomic E-state index is 10.3. The summed E-state index contributed by atoms with van der Waals surface area (Å²) in [6.07, 6.45) is 6.07. The van der Waals surface area contributed by atoms with E-state index < -0.39 is 5.97 Å².